The monoisotopic (exact) mass is 208 g/mol. The maximum atomic E-state index is 2.26. The van der Waals surface area contributed by atoms with Crippen LogP contribution in [0.2, 0.25) is 0 Å². The standard InChI is InChI=1S/C15H14N/c1-11-7-8-15-14(9-11)13-6-4-3-5-12(13)10-16(15)2/h3-10H,1-2H3/q+1. The van der Waals surface area contributed by atoms with Gasteiger partial charge in [-0.25, -0.2) is 4.57 Å². The van der Waals surface area contributed by atoms with Crippen LogP contribution in [0.1, 0.15) is 5.56 Å². The number of nitrogens with zero attached hydrogens (tertiary/aromatic N) is 1. The molecule has 0 aliphatic heterocycles. The van der Waals surface area contributed by atoms with Gasteiger partial charge in [0.05, 0.1) is 5.39 Å². The van der Waals surface area contributed by atoms with Crippen molar-refractivity contribution in [2.24, 2.45) is 7.05 Å². The van der Waals surface area contributed by atoms with Gasteiger partial charge in [-0.15, -0.1) is 0 Å². The van der Waals surface area contributed by atoms with Gasteiger partial charge in [-0.3, -0.25) is 0 Å². The average Bonchev–Trinajstić information content (AvgIpc) is 2.29. The highest BCUT2D eigenvalue weighted by atomic mass is 14.9. The molecule has 2 aromatic carbocycles. The number of hydrogen-bond acceptors (Lipinski definition) is 0. The van der Waals surface area contributed by atoms with Gasteiger partial charge in [0, 0.05) is 16.8 Å². The minimum absolute atomic E-state index is 1.28. The van der Waals surface area contributed by atoms with E-state index in [2.05, 4.69) is 67.2 Å². The summed E-state index contributed by atoms with van der Waals surface area (Å²) in [7, 11) is 2.10. The van der Waals surface area contributed by atoms with E-state index in [1.807, 2.05) is 0 Å². The second-order valence-corrected chi connectivity index (χ2v) is 4.35. The fourth-order valence-corrected chi connectivity index (χ4v) is 2.31. The maximum Gasteiger partial charge on any atom is 0.212 e. The van der Waals surface area contributed by atoms with Crippen LogP contribution in [0.5, 0.6) is 0 Å². The normalized spacial score (nSPS) is 11.1. The molecule has 0 fully saturated rings. The molecule has 0 amide bonds. The van der Waals surface area contributed by atoms with Crippen LogP contribution in [0.3, 0.4) is 0 Å². The van der Waals surface area contributed by atoms with Crippen molar-refractivity contribution in [1.82, 2.24) is 0 Å². The molecule has 3 aromatic rings. The molecule has 3 rings (SSSR count). The van der Waals surface area contributed by atoms with Gasteiger partial charge in [-0.2, -0.15) is 0 Å². The lowest BCUT2D eigenvalue weighted by atomic mass is 10.0. The largest absolute Gasteiger partial charge is 0.212 e. The fourth-order valence-electron chi connectivity index (χ4n) is 2.31. The molecule has 0 saturated carbocycles. The van der Waals surface area contributed by atoms with Crippen LogP contribution < -0.4 is 4.57 Å². The zero-order valence-corrected chi connectivity index (χ0v) is 9.57. The number of aryl methyl sites for hydroxylation is 2. The highest BCUT2D eigenvalue weighted by Gasteiger charge is 2.09. The number of hydrogen-bond donors (Lipinski definition) is 0. The second-order valence-electron chi connectivity index (χ2n) is 4.35. The van der Waals surface area contributed by atoms with Crippen molar-refractivity contribution in [3.05, 3.63) is 54.2 Å². The molecule has 1 nitrogen and oxygen atoms in total. The third-order valence-corrected chi connectivity index (χ3v) is 3.12. The van der Waals surface area contributed by atoms with Gasteiger partial charge >= 0.3 is 0 Å². The molecule has 1 heterocycles. The summed E-state index contributed by atoms with van der Waals surface area (Å²) < 4.78 is 2.19. The van der Waals surface area contributed by atoms with E-state index in [4.69, 9.17) is 0 Å². The summed E-state index contributed by atoms with van der Waals surface area (Å²) in [6, 6.07) is 15.2. The molecule has 78 valence electrons. The van der Waals surface area contributed by atoms with E-state index < -0.39 is 0 Å². The van der Waals surface area contributed by atoms with Crippen LogP contribution in [0.25, 0.3) is 21.7 Å². The van der Waals surface area contributed by atoms with Crippen molar-refractivity contribution in [3.8, 4) is 0 Å². The average molecular weight is 208 g/mol. The lowest BCUT2D eigenvalue weighted by molar-refractivity contribution is -0.643. The van der Waals surface area contributed by atoms with Gasteiger partial charge in [0.25, 0.3) is 0 Å². The van der Waals surface area contributed by atoms with Crippen molar-refractivity contribution < 1.29 is 4.57 Å². The fraction of sp³-hybridized carbons (Fsp3) is 0.133. The minimum atomic E-state index is 1.28. The Bertz CT molecular complexity index is 683. The molecule has 1 aromatic heterocycles. The van der Waals surface area contributed by atoms with Crippen molar-refractivity contribution in [3.63, 3.8) is 0 Å². The van der Waals surface area contributed by atoms with E-state index in [0.717, 1.165) is 0 Å². The molecule has 0 unspecified atom stereocenters. The van der Waals surface area contributed by atoms with Gasteiger partial charge in [0.15, 0.2) is 6.20 Å². The highest BCUT2D eigenvalue weighted by molar-refractivity contribution is 6.03. The van der Waals surface area contributed by atoms with E-state index in [-0.39, 0.29) is 0 Å². The zero-order chi connectivity index (χ0) is 11.1. The Kier molecular flexibility index (Phi) is 1.93. The third-order valence-electron chi connectivity index (χ3n) is 3.12. The Morgan fingerprint density at radius 1 is 0.938 bits per heavy atom. The van der Waals surface area contributed by atoms with E-state index in [1.54, 1.807) is 0 Å². The van der Waals surface area contributed by atoms with Crippen LogP contribution in [0.4, 0.5) is 0 Å². The Morgan fingerprint density at radius 3 is 2.62 bits per heavy atom. The van der Waals surface area contributed by atoms with E-state index in [0.29, 0.717) is 0 Å². The summed E-state index contributed by atoms with van der Waals surface area (Å²) >= 11 is 0. The van der Waals surface area contributed by atoms with Crippen molar-refractivity contribution in [1.29, 1.82) is 0 Å². The molecule has 0 atom stereocenters. The molecule has 0 aliphatic rings. The minimum Gasteiger partial charge on any atom is -0.200 e. The summed E-state index contributed by atoms with van der Waals surface area (Å²) in [4.78, 5) is 0. The third kappa shape index (κ3) is 1.28. The van der Waals surface area contributed by atoms with Crippen molar-refractivity contribution >= 4 is 21.7 Å². The molecule has 1 heteroatoms. The second kappa shape index (κ2) is 3.31. The Labute approximate surface area is 95.0 Å². The zero-order valence-electron chi connectivity index (χ0n) is 9.57. The molecule has 0 spiro atoms. The molecule has 0 N–H and O–H groups in total. The molecular weight excluding hydrogens is 194 g/mol. The number of rotatable bonds is 0. The molecule has 0 aliphatic carbocycles. The predicted octanol–water partition coefficient (Wildman–Crippen LogP) is 3.13. The number of fused-ring (bicyclic) bond motifs is 3. The summed E-state index contributed by atoms with van der Waals surface area (Å²) in [5, 5.41) is 3.96. The predicted molar refractivity (Wildman–Crippen MR) is 67.4 cm³/mol. The smallest absolute Gasteiger partial charge is 0.200 e. The van der Waals surface area contributed by atoms with Crippen LogP contribution in [-0.4, -0.2) is 0 Å². The highest BCUT2D eigenvalue weighted by Crippen LogP contribution is 2.22. The van der Waals surface area contributed by atoms with Crippen LogP contribution in [0.15, 0.2) is 48.7 Å². The molecular formula is C15H14N+. The van der Waals surface area contributed by atoms with E-state index in [1.165, 1.54) is 27.2 Å². The van der Waals surface area contributed by atoms with Gasteiger partial charge in [-0.05, 0) is 19.1 Å². The lowest BCUT2D eigenvalue weighted by Gasteiger charge is -2.03. The van der Waals surface area contributed by atoms with E-state index in [9.17, 15) is 0 Å². The van der Waals surface area contributed by atoms with Gasteiger partial charge in [-0.1, -0.05) is 29.8 Å². The first-order chi connectivity index (χ1) is 7.75. The van der Waals surface area contributed by atoms with Crippen molar-refractivity contribution in [2.75, 3.05) is 0 Å². The summed E-state index contributed by atoms with van der Waals surface area (Å²) in [5.74, 6) is 0. The van der Waals surface area contributed by atoms with Gasteiger partial charge < -0.3 is 0 Å². The van der Waals surface area contributed by atoms with Crippen LogP contribution in [0, 0.1) is 6.92 Å². The Hall–Kier alpha value is -1.89. The molecule has 0 radical (unpaired) electrons. The topological polar surface area (TPSA) is 3.88 Å². The quantitative estimate of drug-likeness (QED) is 0.395. The number of pyridine rings is 1. The molecule has 0 bridgehead atoms. The Balaban J connectivity index is 2.61. The maximum absolute atomic E-state index is 2.26. The first kappa shape index (κ1) is 9.34. The van der Waals surface area contributed by atoms with Gasteiger partial charge in [0.2, 0.25) is 5.52 Å². The Morgan fingerprint density at radius 2 is 1.75 bits per heavy atom. The molecule has 0 saturated heterocycles. The van der Waals surface area contributed by atoms with E-state index >= 15 is 0 Å². The van der Waals surface area contributed by atoms with Crippen LogP contribution in [-0.2, 0) is 7.05 Å². The number of benzene rings is 2. The summed E-state index contributed by atoms with van der Waals surface area (Å²) in [6.45, 7) is 2.14. The van der Waals surface area contributed by atoms with Gasteiger partial charge in [0.1, 0.15) is 7.05 Å². The van der Waals surface area contributed by atoms with Crippen LogP contribution >= 0.6 is 0 Å². The first-order valence-electron chi connectivity index (χ1n) is 5.53. The first-order valence-corrected chi connectivity index (χ1v) is 5.53. The lowest BCUT2D eigenvalue weighted by Crippen LogP contribution is -2.28. The summed E-state index contributed by atoms with van der Waals surface area (Å²) in [5.41, 5.74) is 2.59. The number of aromatic nitrogens is 1. The SMILES string of the molecule is Cc1ccc2c(c1)c1ccccc1c[n+]2C. The molecule has 16 heavy (non-hydrogen) atoms. The summed E-state index contributed by atoms with van der Waals surface area (Å²) in [6.07, 6.45) is 2.19. The van der Waals surface area contributed by atoms with Crippen molar-refractivity contribution in [2.45, 2.75) is 6.92 Å².